The fourth-order valence-electron chi connectivity index (χ4n) is 2.79. The number of halogens is 1. The fourth-order valence-corrected chi connectivity index (χ4v) is 3.17. The van der Waals surface area contributed by atoms with Crippen molar-refractivity contribution < 1.29 is 19.0 Å². The number of carbonyl (C=O) groups is 1. The van der Waals surface area contributed by atoms with E-state index in [4.69, 9.17) is 14.2 Å². The Labute approximate surface area is 195 Å². The van der Waals surface area contributed by atoms with Crippen LogP contribution in [-0.2, 0) is 6.61 Å². The summed E-state index contributed by atoms with van der Waals surface area (Å²) >= 11 is 3.42. The van der Waals surface area contributed by atoms with Crippen molar-refractivity contribution in [2.45, 2.75) is 6.61 Å². The molecular formula is C25H23BrN2O4. The fraction of sp³-hybridized carbons (Fsp3) is 0.120. The zero-order chi connectivity index (χ0) is 22.8. The molecule has 7 heteroatoms. The first-order valence-corrected chi connectivity index (χ1v) is 10.6. The first-order chi connectivity index (χ1) is 15.6. The largest absolute Gasteiger partial charge is 0.493 e. The molecule has 0 fully saturated rings. The summed E-state index contributed by atoms with van der Waals surface area (Å²) in [5, 5.41) is 4.06. The molecule has 0 unspecified atom stereocenters. The number of ether oxygens (including phenoxy) is 3. The molecule has 3 aromatic carbocycles. The van der Waals surface area contributed by atoms with Crippen molar-refractivity contribution in [3.05, 3.63) is 101 Å². The Balaban J connectivity index is 1.66. The van der Waals surface area contributed by atoms with Crippen LogP contribution < -0.4 is 19.6 Å². The second kappa shape index (κ2) is 11.7. The van der Waals surface area contributed by atoms with E-state index in [1.165, 1.54) is 13.3 Å². The lowest BCUT2D eigenvalue weighted by Crippen LogP contribution is -2.17. The third-order valence-corrected chi connectivity index (χ3v) is 4.85. The van der Waals surface area contributed by atoms with Gasteiger partial charge in [-0.1, -0.05) is 58.9 Å². The number of rotatable bonds is 10. The molecule has 0 bridgehead atoms. The van der Waals surface area contributed by atoms with Crippen LogP contribution in [0.4, 0.5) is 0 Å². The Morgan fingerprint density at radius 3 is 2.56 bits per heavy atom. The van der Waals surface area contributed by atoms with Crippen LogP contribution in [0.2, 0.25) is 0 Å². The van der Waals surface area contributed by atoms with Crippen LogP contribution in [0.15, 0.2) is 89.0 Å². The Kier molecular flexibility index (Phi) is 8.45. The minimum Gasteiger partial charge on any atom is -0.493 e. The molecule has 0 heterocycles. The van der Waals surface area contributed by atoms with Crippen LogP contribution in [0.1, 0.15) is 21.5 Å². The summed E-state index contributed by atoms with van der Waals surface area (Å²) in [5.41, 5.74) is 4.66. The van der Waals surface area contributed by atoms with Gasteiger partial charge in [0.15, 0.2) is 11.5 Å². The van der Waals surface area contributed by atoms with Gasteiger partial charge in [0.25, 0.3) is 5.91 Å². The molecule has 0 aromatic heterocycles. The maximum Gasteiger partial charge on any atom is 0.271 e. The van der Waals surface area contributed by atoms with E-state index in [0.717, 1.165) is 10.0 Å². The van der Waals surface area contributed by atoms with Gasteiger partial charge in [0.05, 0.1) is 13.3 Å². The van der Waals surface area contributed by atoms with Crippen LogP contribution in [0.25, 0.3) is 0 Å². The Hall–Kier alpha value is -3.58. The quantitative estimate of drug-likeness (QED) is 0.234. The van der Waals surface area contributed by atoms with Gasteiger partial charge in [-0.05, 0) is 42.0 Å². The van der Waals surface area contributed by atoms with Gasteiger partial charge in [-0.25, -0.2) is 5.43 Å². The maximum atomic E-state index is 12.5. The van der Waals surface area contributed by atoms with Gasteiger partial charge in [-0.3, -0.25) is 4.79 Å². The highest BCUT2D eigenvalue weighted by Crippen LogP contribution is 2.29. The second-order valence-electron chi connectivity index (χ2n) is 6.62. The molecule has 0 aliphatic heterocycles. The summed E-state index contributed by atoms with van der Waals surface area (Å²) in [7, 11) is 1.53. The number of hydrogen-bond donors (Lipinski definition) is 1. The van der Waals surface area contributed by atoms with E-state index in [1.807, 2.05) is 48.5 Å². The van der Waals surface area contributed by atoms with Gasteiger partial charge in [0.2, 0.25) is 0 Å². The van der Waals surface area contributed by atoms with E-state index < -0.39 is 0 Å². The van der Waals surface area contributed by atoms with Crippen molar-refractivity contribution >= 4 is 28.1 Å². The van der Waals surface area contributed by atoms with Gasteiger partial charge in [-0.2, -0.15) is 5.10 Å². The van der Waals surface area contributed by atoms with Crippen molar-refractivity contribution in [1.82, 2.24) is 5.43 Å². The topological polar surface area (TPSA) is 69.2 Å². The molecule has 0 atom stereocenters. The molecule has 32 heavy (non-hydrogen) atoms. The highest BCUT2D eigenvalue weighted by molar-refractivity contribution is 9.10. The average Bonchev–Trinajstić information content (AvgIpc) is 2.82. The number of amides is 1. The van der Waals surface area contributed by atoms with Crippen LogP contribution >= 0.6 is 15.9 Å². The third kappa shape index (κ3) is 6.46. The number of methoxy groups -OCH3 is 1. The third-order valence-electron chi connectivity index (χ3n) is 4.36. The van der Waals surface area contributed by atoms with Crippen molar-refractivity contribution in [3.63, 3.8) is 0 Å². The van der Waals surface area contributed by atoms with E-state index >= 15 is 0 Å². The van der Waals surface area contributed by atoms with Crippen LogP contribution in [0.5, 0.6) is 17.2 Å². The van der Waals surface area contributed by atoms with Crippen molar-refractivity contribution in [2.75, 3.05) is 13.7 Å². The first kappa shape index (κ1) is 23.1. The number of benzene rings is 3. The molecule has 3 rings (SSSR count). The summed E-state index contributed by atoms with van der Waals surface area (Å²) in [4.78, 5) is 12.5. The molecule has 0 spiro atoms. The van der Waals surface area contributed by atoms with Crippen molar-refractivity contribution in [3.8, 4) is 17.2 Å². The van der Waals surface area contributed by atoms with E-state index in [9.17, 15) is 4.79 Å². The average molecular weight is 495 g/mol. The summed E-state index contributed by atoms with van der Waals surface area (Å²) in [6, 6.07) is 20.3. The van der Waals surface area contributed by atoms with Crippen molar-refractivity contribution in [2.24, 2.45) is 5.10 Å². The minimum atomic E-state index is -0.377. The van der Waals surface area contributed by atoms with Crippen LogP contribution in [0.3, 0.4) is 0 Å². The zero-order valence-corrected chi connectivity index (χ0v) is 19.2. The summed E-state index contributed by atoms with van der Waals surface area (Å²) in [5.74, 6) is 1.27. The molecule has 6 nitrogen and oxygen atoms in total. The van der Waals surface area contributed by atoms with Gasteiger partial charge >= 0.3 is 0 Å². The number of hydrazone groups is 1. The second-order valence-corrected chi connectivity index (χ2v) is 7.54. The Morgan fingerprint density at radius 2 is 1.81 bits per heavy atom. The maximum absolute atomic E-state index is 12.5. The smallest absolute Gasteiger partial charge is 0.271 e. The standard InChI is InChI=1S/C25H23BrN2O4/c1-3-13-31-22-12-10-21(26)14-20(22)16-27-28-25(29)19-9-11-23(24(15-19)30-2)32-17-18-7-5-4-6-8-18/h3-12,14-16H,1,13,17H2,2H3,(H,28,29)/b27-16+. The summed E-state index contributed by atoms with van der Waals surface area (Å²) in [6.45, 7) is 4.41. The lowest BCUT2D eigenvalue weighted by atomic mass is 10.2. The van der Waals surface area contributed by atoms with Crippen LogP contribution in [0, 0.1) is 0 Å². The highest BCUT2D eigenvalue weighted by Gasteiger charge is 2.11. The van der Waals surface area contributed by atoms with Gasteiger partial charge < -0.3 is 14.2 Å². The molecule has 1 amide bonds. The molecule has 1 N–H and O–H groups in total. The van der Waals surface area contributed by atoms with E-state index in [-0.39, 0.29) is 5.91 Å². The monoisotopic (exact) mass is 494 g/mol. The van der Waals surface area contributed by atoms with Gasteiger partial charge in [-0.15, -0.1) is 0 Å². The predicted octanol–water partition coefficient (Wildman–Crippen LogP) is 5.37. The molecule has 164 valence electrons. The molecule has 0 saturated carbocycles. The molecular weight excluding hydrogens is 472 g/mol. The minimum absolute atomic E-state index is 0.368. The number of hydrogen-bond acceptors (Lipinski definition) is 5. The summed E-state index contributed by atoms with van der Waals surface area (Å²) in [6.07, 6.45) is 3.18. The number of nitrogens with one attached hydrogen (secondary N) is 1. The molecule has 0 aliphatic carbocycles. The van der Waals surface area contributed by atoms with E-state index in [2.05, 4.69) is 33.0 Å². The normalized spacial score (nSPS) is 10.6. The van der Waals surface area contributed by atoms with E-state index in [1.54, 1.807) is 24.3 Å². The van der Waals surface area contributed by atoms with Crippen molar-refractivity contribution in [1.29, 1.82) is 0 Å². The molecule has 0 radical (unpaired) electrons. The molecule has 0 saturated heterocycles. The first-order valence-electron chi connectivity index (χ1n) is 9.82. The molecule has 3 aromatic rings. The molecule has 0 aliphatic rings. The Bertz CT molecular complexity index is 1100. The number of carbonyl (C=O) groups excluding carboxylic acids is 1. The lowest BCUT2D eigenvalue weighted by Gasteiger charge is -2.12. The Morgan fingerprint density at radius 1 is 1.03 bits per heavy atom. The lowest BCUT2D eigenvalue weighted by molar-refractivity contribution is 0.0954. The number of nitrogens with zero attached hydrogens (tertiary/aromatic N) is 1. The van der Waals surface area contributed by atoms with Crippen LogP contribution in [-0.4, -0.2) is 25.8 Å². The van der Waals surface area contributed by atoms with E-state index in [0.29, 0.717) is 41.6 Å². The highest BCUT2D eigenvalue weighted by atomic mass is 79.9. The van der Waals surface area contributed by atoms with Gasteiger partial charge in [0, 0.05) is 15.6 Å². The summed E-state index contributed by atoms with van der Waals surface area (Å²) < 4.78 is 17.7. The predicted molar refractivity (Wildman–Crippen MR) is 129 cm³/mol. The SMILES string of the molecule is C=CCOc1ccc(Br)cc1/C=N/NC(=O)c1ccc(OCc2ccccc2)c(OC)c1. The zero-order valence-electron chi connectivity index (χ0n) is 17.6. The van der Waals surface area contributed by atoms with Gasteiger partial charge in [0.1, 0.15) is 19.0 Å².